The van der Waals surface area contributed by atoms with E-state index in [1.165, 1.54) is 0 Å². The Morgan fingerprint density at radius 3 is 2.53 bits per heavy atom. The standard InChI is InChI=1S/C9H4F3NO2/c10-4-1-3-2-5(13-15)9(14)6(3)8(12)7(4)11/h1,15H,2H2. The number of fused-ring (bicyclic) bond motifs is 1. The summed E-state index contributed by atoms with van der Waals surface area (Å²) in [6, 6.07) is 0.726. The molecule has 0 aromatic heterocycles. The normalized spacial score (nSPS) is 17.3. The lowest BCUT2D eigenvalue weighted by atomic mass is 10.1. The van der Waals surface area contributed by atoms with Crippen LogP contribution in [-0.2, 0) is 6.42 Å². The van der Waals surface area contributed by atoms with Crippen molar-refractivity contribution in [2.24, 2.45) is 5.16 Å². The van der Waals surface area contributed by atoms with Crippen molar-refractivity contribution >= 4 is 11.5 Å². The Balaban J connectivity index is 2.72. The molecule has 0 fully saturated rings. The molecule has 1 aliphatic rings. The maximum atomic E-state index is 13.2. The number of hydrogen-bond acceptors (Lipinski definition) is 3. The maximum absolute atomic E-state index is 13.2. The third kappa shape index (κ3) is 1.21. The molecule has 0 aliphatic heterocycles. The third-order valence-electron chi connectivity index (χ3n) is 2.21. The van der Waals surface area contributed by atoms with E-state index < -0.39 is 28.8 Å². The average molecular weight is 215 g/mol. The van der Waals surface area contributed by atoms with E-state index in [1.807, 2.05) is 0 Å². The number of oxime groups is 1. The van der Waals surface area contributed by atoms with Crippen molar-refractivity contribution in [3.05, 3.63) is 34.6 Å². The van der Waals surface area contributed by atoms with Crippen LogP contribution in [0.3, 0.4) is 0 Å². The van der Waals surface area contributed by atoms with Gasteiger partial charge in [-0.15, -0.1) is 0 Å². The average Bonchev–Trinajstić information content (AvgIpc) is 2.52. The highest BCUT2D eigenvalue weighted by molar-refractivity contribution is 6.49. The van der Waals surface area contributed by atoms with E-state index in [1.54, 1.807) is 0 Å². The molecule has 0 saturated carbocycles. The topological polar surface area (TPSA) is 49.7 Å². The zero-order chi connectivity index (χ0) is 11.2. The summed E-state index contributed by atoms with van der Waals surface area (Å²) in [4.78, 5) is 11.3. The lowest BCUT2D eigenvalue weighted by Crippen LogP contribution is -2.09. The van der Waals surface area contributed by atoms with Gasteiger partial charge in [0.2, 0.25) is 5.78 Å². The summed E-state index contributed by atoms with van der Waals surface area (Å²) in [6.07, 6.45) is -0.196. The van der Waals surface area contributed by atoms with Gasteiger partial charge in [0.05, 0.1) is 5.56 Å². The van der Waals surface area contributed by atoms with Crippen molar-refractivity contribution in [3.8, 4) is 0 Å². The Hall–Kier alpha value is -1.85. The molecule has 0 atom stereocenters. The lowest BCUT2D eigenvalue weighted by Gasteiger charge is -2.00. The first-order valence-electron chi connectivity index (χ1n) is 3.98. The molecule has 1 aromatic rings. The largest absolute Gasteiger partial charge is 0.411 e. The van der Waals surface area contributed by atoms with Gasteiger partial charge in [-0.05, 0) is 11.6 Å². The quantitative estimate of drug-likeness (QED) is 0.406. The minimum absolute atomic E-state index is 0.01000. The zero-order valence-electron chi connectivity index (χ0n) is 7.22. The number of ketones is 1. The minimum atomic E-state index is -1.69. The van der Waals surface area contributed by atoms with Crippen LogP contribution in [0.15, 0.2) is 11.2 Å². The van der Waals surface area contributed by atoms with E-state index in [2.05, 4.69) is 5.16 Å². The molecule has 15 heavy (non-hydrogen) atoms. The van der Waals surface area contributed by atoms with Gasteiger partial charge in [-0.3, -0.25) is 4.79 Å². The minimum Gasteiger partial charge on any atom is -0.411 e. The molecule has 6 heteroatoms. The van der Waals surface area contributed by atoms with E-state index in [-0.39, 0.29) is 17.7 Å². The second-order valence-electron chi connectivity index (χ2n) is 3.07. The van der Waals surface area contributed by atoms with Crippen LogP contribution in [0.25, 0.3) is 0 Å². The highest BCUT2D eigenvalue weighted by atomic mass is 19.2. The fraction of sp³-hybridized carbons (Fsp3) is 0.111. The number of hydrogen-bond donors (Lipinski definition) is 1. The van der Waals surface area contributed by atoms with Crippen LogP contribution in [0.1, 0.15) is 15.9 Å². The van der Waals surface area contributed by atoms with Gasteiger partial charge in [0, 0.05) is 6.42 Å². The van der Waals surface area contributed by atoms with Gasteiger partial charge in [-0.1, -0.05) is 5.16 Å². The van der Waals surface area contributed by atoms with E-state index in [0.717, 1.165) is 6.07 Å². The number of halogens is 3. The number of rotatable bonds is 0. The highest BCUT2D eigenvalue weighted by Gasteiger charge is 2.33. The summed E-state index contributed by atoms with van der Waals surface area (Å²) in [5, 5.41) is 11.0. The summed E-state index contributed by atoms with van der Waals surface area (Å²) < 4.78 is 38.7. The van der Waals surface area contributed by atoms with Crippen molar-refractivity contribution in [3.63, 3.8) is 0 Å². The van der Waals surface area contributed by atoms with E-state index in [0.29, 0.717) is 0 Å². The van der Waals surface area contributed by atoms with Crippen LogP contribution >= 0.6 is 0 Å². The first-order chi connectivity index (χ1) is 7.06. The van der Waals surface area contributed by atoms with Gasteiger partial charge in [0.25, 0.3) is 0 Å². The molecular weight excluding hydrogens is 211 g/mol. The monoisotopic (exact) mass is 215 g/mol. The number of benzene rings is 1. The molecule has 1 aliphatic carbocycles. The Morgan fingerprint density at radius 1 is 1.27 bits per heavy atom. The molecular formula is C9H4F3NO2. The van der Waals surface area contributed by atoms with E-state index in [9.17, 15) is 18.0 Å². The van der Waals surface area contributed by atoms with Gasteiger partial charge in [-0.25, -0.2) is 13.2 Å². The molecule has 1 N–H and O–H groups in total. The van der Waals surface area contributed by atoms with Crippen molar-refractivity contribution in [1.29, 1.82) is 0 Å². The number of Topliss-reactive ketones (excluding diaryl/α,β-unsaturated/α-hetero) is 1. The lowest BCUT2D eigenvalue weighted by molar-refractivity contribution is 0.106. The fourth-order valence-electron chi connectivity index (χ4n) is 1.51. The van der Waals surface area contributed by atoms with Crippen molar-refractivity contribution in [2.45, 2.75) is 6.42 Å². The second kappa shape index (κ2) is 3.08. The predicted octanol–water partition coefficient (Wildman–Crippen LogP) is 1.67. The van der Waals surface area contributed by atoms with Gasteiger partial charge in [0.1, 0.15) is 5.71 Å². The van der Waals surface area contributed by atoms with E-state index >= 15 is 0 Å². The van der Waals surface area contributed by atoms with Crippen LogP contribution in [0.4, 0.5) is 13.2 Å². The summed E-state index contributed by atoms with van der Waals surface area (Å²) in [5.41, 5.74) is -0.889. The first kappa shape index (κ1) is 9.70. The molecule has 1 aromatic carbocycles. The van der Waals surface area contributed by atoms with Crippen molar-refractivity contribution < 1.29 is 23.2 Å². The maximum Gasteiger partial charge on any atom is 0.214 e. The Bertz CT molecular complexity index is 497. The van der Waals surface area contributed by atoms with Gasteiger partial charge >= 0.3 is 0 Å². The summed E-state index contributed by atoms with van der Waals surface area (Å²) in [7, 11) is 0. The number of carbonyl (C=O) groups is 1. The first-order valence-corrected chi connectivity index (χ1v) is 3.98. The van der Waals surface area contributed by atoms with Crippen LogP contribution in [-0.4, -0.2) is 16.7 Å². The molecule has 0 spiro atoms. The van der Waals surface area contributed by atoms with Crippen LogP contribution < -0.4 is 0 Å². The van der Waals surface area contributed by atoms with Crippen LogP contribution in [0.5, 0.6) is 0 Å². The second-order valence-corrected chi connectivity index (χ2v) is 3.07. The SMILES string of the molecule is O=C1C(=NO)Cc2cc(F)c(F)c(F)c21. The molecule has 78 valence electrons. The molecule has 0 saturated heterocycles. The molecule has 0 radical (unpaired) electrons. The molecule has 0 unspecified atom stereocenters. The van der Waals surface area contributed by atoms with Crippen molar-refractivity contribution in [1.82, 2.24) is 0 Å². The van der Waals surface area contributed by atoms with Crippen molar-refractivity contribution in [2.75, 3.05) is 0 Å². The molecule has 3 nitrogen and oxygen atoms in total. The van der Waals surface area contributed by atoms with Crippen LogP contribution in [0.2, 0.25) is 0 Å². The van der Waals surface area contributed by atoms with Crippen LogP contribution in [0, 0.1) is 17.5 Å². The summed E-state index contributed by atoms with van der Waals surface area (Å²) in [5.74, 6) is -5.50. The Kier molecular flexibility index (Phi) is 1.99. The molecule has 0 amide bonds. The van der Waals surface area contributed by atoms with Gasteiger partial charge < -0.3 is 5.21 Å². The predicted molar refractivity (Wildman–Crippen MR) is 43.6 cm³/mol. The van der Waals surface area contributed by atoms with Gasteiger partial charge in [-0.2, -0.15) is 0 Å². The smallest absolute Gasteiger partial charge is 0.214 e. The fourth-order valence-corrected chi connectivity index (χ4v) is 1.51. The Labute approximate surface area is 81.8 Å². The molecule has 0 heterocycles. The zero-order valence-corrected chi connectivity index (χ0v) is 7.22. The third-order valence-corrected chi connectivity index (χ3v) is 2.21. The van der Waals surface area contributed by atoms with E-state index in [4.69, 9.17) is 5.21 Å². The van der Waals surface area contributed by atoms with Gasteiger partial charge in [0.15, 0.2) is 17.5 Å². The highest BCUT2D eigenvalue weighted by Crippen LogP contribution is 2.26. The Morgan fingerprint density at radius 2 is 1.93 bits per heavy atom. The summed E-state index contributed by atoms with van der Waals surface area (Å²) in [6.45, 7) is 0. The molecule has 0 bridgehead atoms. The number of nitrogens with zero attached hydrogens (tertiary/aromatic N) is 1. The summed E-state index contributed by atoms with van der Waals surface area (Å²) >= 11 is 0. The molecule has 2 rings (SSSR count). The number of carbonyl (C=O) groups excluding carboxylic acids is 1.